The Labute approximate surface area is 161 Å². The molecule has 1 unspecified atom stereocenters. The van der Waals surface area contributed by atoms with Gasteiger partial charge in [0.05, 0.1) is 0 Å². The molecule has 1 aliphatic heterocycles. The van der Waals surface area contributed by atoms with E-state index in [0.717, 1.165) is 37.4 Å². The predicted molar refractivity (Wildman–Crippen MR) is 106 cm³/mol. The van der Waals surface area contributed by atoms with E-state index in [1.54, 1.807) is 12.4 Å². The van der Waals surface area contributed by atoms with E-state index in [4.69, 9.17) is 0 Å². The highest BCUT2D eigenvalue weighted by Crippen LogP contribution is 2.15. The summed E-state index contributed by atoms with van der Waals surface area (Å²) in [5.74, 6) is 0.725. The molecule has 2 N–H and O–H groups in total. The molecule has 25 heavy (non-hydrogen) atoms. The van der Waals surface area contributed by atoms with Gasteiger partial charge in [0.25, 0.3) is 5.91 Å². The Bertz CT molecular complexity index is 629. The SMILES string of the molecule is Cl.Cl.O=C(NCCc1ccncc1)c1ccc(CC2CCNC2)cc1. The van der Waals surface area contributed by atoms with Gasteiger partial charge < -0.3 is 10.6 Å². The van der Waals surface area contributed by atoms with Crippen LogP contribution in [0.25, 0.3) is 0 Å². The Balaban J connectivity index is 0.00000156. The highest BCUT2D eigenvalue weighted by Gasteiger charge is 2.15. The molecule has 2 heterocycles. The van der Waals surface area contributed by atoms with E-state index in [0.29, 0.717) is 6.54 Å². The van der Waals surface area contributed by atoms with Crippen LogP contribution in [0.5, 0.6) is 0 Å². The first-order valence-electron chi connectivity index (χ1n) is 8.28. The molecule has 6 heteroatoms. The summed E-state index contributed by atoms with van der Waals surface area (Å²) in [6.45, 7) is 2.87. The van der Waals surface area contributed by atoms with Crippen LogP contribution in [0.1, 0.15) is 27.9 Å². The number of pyridine rings is 1. The van der Waals surface area contributed by atoms with Crippen molar-refractivity contribution in [1.29, 1.82) is 0 Å². The largest absolute Gasteiger partial charge is 0.352 e. The third-order valence-corrected chi connectivity index (χ3v) is 4.35. The molecule has 1 amide bonds. The van der Waals surface area contributed by atoms with Crippen molar-refractivity contribution in [3.05, 3.63) is 65.5 Å². The van der Waals surface area contributed by atoms with Crippen LogP contribution in [-0.4, -0.2) is 30.5 Å². The van der Waals surface area contributed by atoms with Crippen molar-refractivity contribution in [2.24, 2.45) is 5.92 Å². The molecular formula is C19H25Cl2N3O. The van der Waals surface area contributed by atoms with Gasteiger partial charge in [0.1, 0.15) is 0 Å². The molecule has 1 atom stereocenters. The molecule has 1 aromatic carbocycles. The Hall–Kier alpha value is -1.62. The number of benzene rings is 1. The Morgan fingerprint density at radius 3 is 2.44 bits per heavy atom. The second kappa shape index (κ2) is 11.1. The lowest BCUT2D eigenvalue weighted by Gasteiger charge is -2.09. The minimum Gasteiger partial charge on any atom is -0.352 e. The molecule has 2 aromatic rings. The van der Waals surface area contributed by atoms with Gasteiger partial charge in [-0.05, 0) is 73.7 Å². The number of carbonyl (C=O) groups excluding carboxylic acids is 1. The van der Waals surface area contributed by atoms with E-state index in [2.05, 4.69) is 27.8 Å². The minimum atomic E-state index is -0.00635. The first kappa shape index (κ1) is 21.4. The molecule has 1 saturated heterocycles. The van der Waals surface area contributed by atoms with Gasteiger partial charge in [0, 0.05) is 24.5 Å². The summed E-state index contributed by atoms with van der Waals surface area (Å²) in [5.41, 5.74) is 3.22. The maximum Gasteiger partial charge on any atom is 0.251 e. The van der Waals surface area contributed by atoms with Gasteiger partial charge in [-0.15, -0.1) is 24.8 Å². The summed E-state index contributed by atoms with van der Waals surface area (Å²) in [6, 6.07) is 12.0. The fourth-order valence-corrected chi connectivity index (χ4v) is 2.99. The van der Waals surface area contributed by atoms with Crippen molar-refractivity contribution < 1.29 is 4.79 Å². The van der Waals surface area contributed by atoms with Crippen LogP contribution in [0.4, 0.5) is 0 Å². The molecule has 4 nitrogen and oxygen atoms in total. The van der Waals surface area contributed by atoms with E-state index in [1.807, 2.05) is 24.3 Å². The Morgan fingerprint density at radius 2 is 1.80 bits per heavy atom. The predicted octanol–water partition coefficient (Wildman–Crippen LogP) is 3.05. The van der Waals surface area contributed by atoms with Crippen LogP contribution in [-0.2, 0) is 12.8 Å². The molecule has 0 bridgehead atoms. The highest BCUT2D eigenvalue weighted by atomic mass is 35.5. The van der Waals surface area contributed by atoms with Crippen LogP contribution in [0, 0.1) is 5.92 Å². The number of amides is 1. The molecule has 1 aliphatic rings. The maximum absolute atomic E-state index is 12.2. The average Bonchev–Trinajstić information content (AvgIpc) is 3.09. The summed E-state index contributed by atoms with van der Waals surface area (Å²) in [7, 11) is 0. The summed E-state index contributed by atoms with van der Waals surface area (Å²) in [4.78, 5) is 16.1. The third-order valence-electron chi connectivity index (χ3n) is 4.35. The first-order chi connectivity index (χ1) is 11.3. The lowest BCUT2D eigenvalue weighted by Crippen LogP contribution is -2.25. The number of nitrogens with one attached hydrogen (secondary N) is 2. The first-order valence-corrected chi connectivity index (χ1v) is 8.28. The van der Waals surface area contributed by atoms with Gasteiger partial charge >= 0.3 is 0 Å². The molecule has 3 rings (SSSR count). The van der Waals surface area contributed by atoms with E-state index in [9.17, 15) is 4.79 Å². The topological polar surface area (TPSA) is 54.0 Å². The standard InChI is InChI=1S/C19H23N3O.2ClH/c23-19(22-12-8-15-5-9-20-10-6-15)18-3-1-16(2-4-18)13-17-7-11-21-14-17;;/h1-6,9-10,17,21H,7-8,11-14H2,(H,22,23);2*1H. The molecular weight excluding hydrogens is 357 g/mol. The van der Waals surface area contributed by atoms with Crippen molar-refractivity contribution in [3.63, 3.8) is 0 Å². The van der Waals surface area contributed by atoms with Crippen molar-refractivity contribution in [1.82, 2.24) is 15.6 Å². The summed E-state index contributed by atoms with van der Waals surface area (Å²) >= 11 is 0. The van der Waals surface area contributed by atoms with Crippen LogP contribution < -0.4 is 10.6 Å². The van der Waals surface area contributed by atoms with Crippen LogP contribution in [0.15, 0.2) is 48.8 Å². The summed E-state index contributed by atoms with van der Waals surface area (Å²) < 4.78 is 0. The van der Waals surface area contributed by atoms with Gasteiger partial charge in [0.15, 0.2) is 0 Å². The maximum atomic E-state index is 12.2. The van der Waals surface area contributed by atoms with Gasteiger partial charge in [-0.3, -0.25) is 9.78 Å². The number of rotatable bonds is 6. The van der Waals surface area contributed by atoms with Gasteiger partial charge in [-0.25, -0.2) is 0 Å². The van der Waals surface area contributed by atoms with Crippen LogP contribution in [0.3, 0.4) is 0 Å². The van der Waals surface area contributed by atoms with Crippen molar-refractivity contribution in [3.8, 4) is 0 Å². The van der Waals surface area contributed by atoms with Crippen molar-refractivity contribution >= 4 is 30.7 Å². The Morgan fingerprint density at radius 1 is 1.08 bits per heavy atom. The highest BCUT2D eigenvalue weighted by molar-refractivity contribution is 5.94. The molecule has 0 saturated carbocycles. The zero-order valence-electron chi connectivity index (χ0n) is 14.1. The number of aromatic nitrogens is 1. The number of hydrogen-bond donors (Lipinski definition) is 2. The molecule has 1 fully saturated rings. The fraction of sp³-hybridized carbons (Fsp3) is 0.368. The smallest absolute Gasteiger partial charge is 0.251 e. The van der Waals surface area contributed by atoms with E-state index >= 15 is 0 Å². The lowest BCUT2D eigenvalue weighted by atomic mass is 9.98. The summed E-state index contributed by atoms with van der Waals surface area (Å²) in [5, 5.41) is 6.36. The number of halogens is 2. The van der Waals surface area contributed by atoms with Crippen LogP contribution in [0.2, 0.25) is 0 Å². The van der Waals surface area contributed by atoms with E-state index in [-0.39, 0.29) is 30.7 Å². The molecule has 0 aliphatic carbocycles. The third kappa shape index (κ3) is 6.65. The molecule has 136 valence electrons. The fourth-order valence-electron chi connectivity index (χ4n) is 2.99. The monoisotopic (exact) mass is 381 g/mol. The van der Waals surface area contributed by atoms with Gasteiger partial charge in [-0.1, -0.05) is 12.1 Å². The second-order valence-electron chi connectivity index (χ2n) is 6.12. The number of carbonyl (C=O) groups is 1. The summed E-state index contributed by atoms with van der Waals surface area (Å²) in [6.07, 6.45) is 6.71. The molecule has 1 aromatic heterocycles. The van der Waals surface area contributed by atoms with Gasteiger partial charge in [0.2, 0.25) is 0 Å². The average molecular weight is 382 g/mol. The Kier molecular flexibility index (Phi) is 9.50. The van der Waals surface area contributed by atoms with Gasteiger partial charge in [-0.2, -0.15) is 0 Å². The lowest BCUT2D eigenvalue weighted by molar-refractivity contribution is 0.0954. The van der Waals surface area contributed by atoms with Crippen LogP contribution >= 0.6 is 24.8 Å². The second-order valence-corrected chi connectivity index (χ2v) is 6.12. The number of hydrogen-bond acceptors (Lipinski definition) is 3. The van der Waals surface area contributed by atoms with E-state index in [1.165, 1.54) is 17.5 Å². The number of nitrogens with zero attached hydrogens (tertiary/aromatic N) is 1. The minimum absolute atomic E-state index is 0. The normalized spacial score (nSPS) is 15.8. The quantitative estimate of drug-likeness (QED) is 0.808. The van der Waals surface area contributed by atoms with Crippen molar-refractivity contribution in [2.75, 3.05) is 19.6 Å². The van der Waals surface area contributed by atoms with Crippen molar-refractivity contribution in [2.45, 2.75) is 19.3 Å². The zero-order valence-corrected chi connectivity index (χ0v) is 15.7. The van der Waals surface area contributed by atoms with E-state index < -0.39 is 0 Å². The molecule has 0 spiro atoms. The zero-order chi connectivity index (χ0) is 15.9. The molecule has 0 radical (unpaired) electrons.